The van der Waals surface area contributed by atoms with Gasteiger partial charge in [0.05, 0.1) is 17.4 Å². The summed E-state index contributed by atoms with van der Waals surface area (Å²) in [6, 6.07) is 15.7. The van der Waals surface area contributed by atoms with E-state index in [2.05, 4.69) is 15.6 Å². The average Bonchev–Trinajstić information content (AvgIpc) is 2.61. The molecule has 4 nitrogen and oxygen atoms in total. The van der Waals surface area contributed by atoms with Crippen molar-refractivity contribution in [2.75, 3.05) is 10.6 Å². The molecule has 0 atom stereocenters. The number of nitrogens with zero attached hydrogens (tertiary/aromatic N) is 1. The zero-order chi connectivity index (χ0) is 17.8. The van der Waals surface area contributed by atoms with Crippen molar-refractivity contribution in [3.05, 3.63) is 83.2 Å². The first-order chi connectivity index (χ1) is 12.0. The van der Waals surface area contributed by atoms with Gasteiger partial charge in [0.15, 0.2) is 0 Å². The quantitative estimate of drug-likeness (QED) is 0.707. The number of hydrogen-bond acceptors (Lipinski definition) is 3. The largest absolute Gasteiger partial charge is 0.354 e. The summed E-state index contributed by atoms with van der Waals surface area (Å²) in [5.41, 5.74) is 6.46. The van der Waals surface area contributed by atoms with Gasteiger partial charge in [-0.05, 0) is 55.7 Å². The number of pyridine rings is 1. The summed E-state index contributed by atoms with van der Waals surface area (Å²) in [4.78, 5) is 16.8. The van der Waals surface area contributed by atoms with Gasteiger partial charge in [0.25, 0.3) is 5.91 Å². The zero-order valence-corrected chi connectivity index (χ0v) is 14.6. The molecule has 2 aromatic carbocycles. The SMILES string of the molecule is Cc1ccccc1Nc1cncc(C(=O)Nc2cccc(C)c2C)c1. The molecule has 0 aliphatic heterocycles. The van der Waals surface area contributed by atoms with Gasteiger partial charge in [0, 0.05) is 17.6 Å². The predicted octanol–water partition coefficient (Wildman–Crippen LogP) is 5.00. The number of benzene rings is 2. The molecule has 1 amide bonds. The van der Waals surface area contributed by atoms with E-state index in [1.54, 1.807) is 18.5 Å². The molecule has 0 bridgehead atoms. The highest BCUT2D eigenvalue weighted by molar-refractivity contribution is 6.05. The smallest absolute Gasteiger partial charge is 0.257 e. The molecule has 3 aromatic rings. The number of para-hydroxylation sites is 1. The van der Waals surface area contributed by atoms with Crippen LogP contribution in [0.3, 0.4) is 0 Å². The first-order valence-corrected chi connectivity index (χ1v) is 8.20. The summed E-state index contributed by atoms with van der Waals surface area (Å²) in [5, 5.41) is 6.27. The summed E-state index contributed by atoms with van der Waals surface area (Å²) < 4.78 is 0. The Hall–Kier alpha value is -3.14. The number of carbonyl (C=O) groups excluding carboxylic acids is 1. The van der Waals surface area contributed by atoms with E-state index in [1.165, 1.54) is 0 Å². The van der Waals surface area contributed by atoms with Gasteiger partial charge in [-0.2, -0.15) is 0 Å². The van der Waals surface area contributed by atoms with E-state index in [0.717, 1.165) is 33.8 Å². The van der Waals surface area contributed by atoms with Crippen LogP contribution in [0.4, 0.5) is 17.1 Å². The molecule has 0 aliphatic rings. The normalized spacial score (nSPS) is 10.4. The highest BCUT2D eigenvalue weighted by Gasteiger charge is 2.10. The molecule has 0 saturated heterocycles. The highest BCUT2D eigenvalue weighted by atomic mass is 16.1. The van der Waals surface area contributed by atoms with Crippen LogP contribution < -0.4 is 10.6 Å². The van der Waals surface area contributed by atoms with Crippen LogP contribution in [0, 0.1) is 20.8 Å². The number of hydrogen-bond donors (Lipinski definition) is 2. The van der Waals surface area contributed by atoms with Gasteiger partial charge in [-0.25, -0.2) is 0 Å². The summed E-state index contributed by atoms with van der Waals surface area (Å²) in [5.74, 6) is -0.172. The Bertz CT molecular complexity index is 919. The standard InChI is InChI=1S/C21H21N3O/c1-14-8-6-10-20(16(14)3)24-21(25)17-11-18(13-22-12-17)23-19-9-5-4-7-15(19)2/h4-13,23H,1-3H3,(H,24,25). The lowest BCUT2D eigenvalue weighted by molar-refractivity contribution is 0.102. The van der Waals surface area contributed by atoms with Crippen molar-refractivity contribution < 1.29 is 4.79 Å². The molecule has 25 heavy (non-hydrogen) atoms. The molecule has 126 valence electrons. The monoisotopic (exact) mass is 331 g/mol. The fourth-order valence-corrected chi connectivity index (χ4v) is 2.58. The maximum atomic E-state index is 12.6. The van der Waals surface area contributed by atoms with Crippen molar-refractivity contribution in [1.29, 1.82) is 0 Å². The lowest BCUT2D eigenvalue weighted by Crippen LogP contribution is -2.13. The molecule has 1 heterocycles. The van der Waals surface area contributed by atoms with Crippen molar-refractivity contribution in [3.8, 4) is 0 Å². The average molecular weight is 331 g/mol. The second-order valence-corrected chi connectivity index (χ2v) is 6.10. The second-order valence-electron chi connectivity index (χ2n) is 6.10. The van der Waals surface area contributed by atoms with E-state index in [9.17, 15) is 4.79 Å². The van der Waals surface area contributed by atoms with E-state index in [1.807, 2.05) is 63.2 Å². The Kier molecular flexibility index (Phi) is 4.80. The fourth-order valence-electron chi connectivity index (χ4n) is 2.58. The third kappa shape index (κ3) is 3.86. The minimum Gasteiger partial charge on any atom is -0.354 e. The highest BCUT2D eigenvalue weighted by Crippen LogP contribution is 2.22. The minimum atomic E-state index is -0.172. The molecule has 4 heteroatoms. The van der Waals surface area contributed by atoms with Crippen molar-refractivity contribution >= 4 is 23.0 Å². The van der Waals surface area contributed by atoms with Crippen LogP contribution in [0.5, 0.6) is 0 Å². The van der Waals surface area contributed by atoms with Crippen molar-refractivity contribution in [3.63, 3.8) is 0 Å². The molecule has 0 aliphatic carbocycles. The van der Waals surface area contributed by atoms with Crippen LogP contribution in [-0.4, -0.2) is 10.9 Å². The van der Waals surface area contributed by atoms with Gasteiger partial charge in [-0.3, -0.25) is 9.78 Å². The van der Waals surface area contributed by atoms with Crippen LogP contribution >= 0.6 is 0 Å². The molecule has 2 N–H and O–H groups in total. The summed E-state index contributed by atoms with van der Waals surface area (Å²) in [7, 11) is 0. The van der Waals surface area contributed by atoms with Crippen molar-refractivity contribution in [2.45, 2.75) is 20.8 Å². The van der Waals surface area contributed by atoms with Crippen LogP contribution in [0.15, 0.2) is 60.9 Å². The van der Waals surface area contributed by atoms with Gasteiger partial charge < -0.3 is 10.6 Å². The Morgan fingerprint density at radius 2 is 1.60 bits per heavy atom. The van der Waals surface area contributed by atoms with Crippen LogP contribution in [0.2, 0.25) is 0 Å². The first kappa shape index (κ1) is 16.7. The van der Waals surface area contributed by atoms with E-state index in [0.29, 0.717) is 5.56 Å². The molecule has 0 saturated carbocycles. The number of amides is 1. The number of nitrogens with one attached hydrogen (secondary N) is 2. The molecular weight excluding hydrogens is 310 g/mol. The number of aryl methyl sites for hydroxylation is 2. The van der Waals surface area contributed by atoms with Gasteiger partial charge in [0.1, 0.15) is 0 Å². The number of carbonyl (C=O) groups is 1. The topological polar surface area (TPSA) is 54.0 Å². The molecule has 0 fully saturated rings. The lowest BCUT2D eigenvalue weighted by atomic mass is 10.1. The fraction of sp³-hybridized carbons (Fsp3) is 0.143. The minimum absolute atomic E-state index is 0.172. The summed E-state index contributed by atoms with van der Waals surface area (Å²) >= 11 is 0. The van der Waals surface area contributed by atoms with E-state index >= 15 is 0 Å². The van der Waals surface area contributed by atoms with Crippen LogP contribution in [-0.2, 0) is 0 Å². The molecule has 0 radical (unpaired) electrons. The number of rotatable bonds is 4. The molecular formula is C21H21N3O. The van der Waals surface area contributed by atoms with Gasteiger partial charge in [0.2, 0.25) is 0 Å². The molecule has 0 spiro atoms. The van der Waals surface area contributed by atoms with E-state index < -0.39 is 0 Å². The Balaban J connectivity index is 1.80. The molecule has 1 aromatic heterocycles. The zero-order valence-electron chi connectivity index (χ0n) is 14.6. The first-order valence-electron chi connectivity index (χ1n) is 8.20. The molecule has 3 rings (SSSR count). The summed E-state index contributed by atoms with van der Waals surface area (Å²) in [6.07, 6.45) is 3.28. The second kappa shape index (κ2) is 7.18. The van der Waals surface area contributed by atoms with Gasteiger partial charge in [-0.15, -0.1) is 0 Å². The molecule has 0 unspecified atom stereocenters. The van der Waals surface area contributed by atoms with Crippen LogP contribution in [0.25, 0.3) is 0 Å². The Morgan fingerprint density at radius 1 is 0.880 bits per heavy atom. The van der Waals surface area contributed by atoms with Crippen LogP contribution in [0.1, 0.15) is 27.0 Å². The lowest BCUT2D eigenvalue weighted by Gasteiger charge is -2.12. The van der Waals surface area contributed by atoms with Crippen molar-refractivity contribution in [2.24, 2.45) is 0 Å². The van der Waals surface area contributed by atoms with Crippen molar-refractivity contribution in [1.82, 2.24) is 4.98 Å². The Morgan fingerprint density at radius 3 is 2.40 bits per heavy atom. The van der Waals surface area contributed by atoms with Gasteiger partial charge >= 0.3 is 0 Å². The maximum Gasteiger partial charge on any atom is 0.257 e. The third-order valence-electron chi connectivity index (χ3n) is 4.28. The van der Waals surface area contributed by atoms with E-state index in [-0.39, 0.29) is 5.91 Å². The van der Waals surface area contributed by atoms with Gasteiger partial charge in [-0.1, -0.05) is 30.3 Å². The number of anilines is 3. The number of aromatic nitrogens is 1. The predicted molar refractivity (Wildman–Crippen MR) is 103 cm³/mol. The summed E-state index contributed by atoms with van der Waals surface area (Å²) in [6.45, 7) is 6.06. The van der Waals surface area contributed by atoms with E-state index in [4.69, 9.17) is 0 Å². The maximum absolute atomic E-state index is 12.6. The third-order valence-corrected chi connectivity index (χ3v) is 4.28. The Labute approximate surface area is 147 Å².